The zero-order chi connectivity index (χ0) is 16.2. The van der Waals surface area contributed by atoms with Crippen LogP contribution >= 0.6 is 15.9 Å². The lowest BCUT2D eigenvalue weighted by atomic mass is 10.1. The average molecular weight is 367 g/mol. The highest BCUT2D eigenvalue weighted by atomic mass is 79.9. The lowest BCUT2D eigenvalue weighted by Crippen LogP contribution is -2.36. The van der Waals surface area contributed by atoms with Crippen LogP contribution in [0.2, 0.25) is 0 Å². The number of nitrogens with two attached hydrogens (primary N) is 1. The van der Waals surface area contributed by atoms with Gasteiger partial charge in [0, 0.05) is 27.5 Å². The summed E-state index contributed by atoms with van der Waals surface area (Å²) in [5, 5.41) is 1.88. The number of anilines is 1. The number of hydrogen-bond acceptors (Lipinski definition) is 4. The van der Waals surface area contributed by atoms with Crippen molar-refractivity contribution in [3.05, 3.63) is 65.0 Å². The first-order valence-corrected chi connectivity index (χ1v) is 7.49. The maximum Gasteiger partial charge on any atom is 0.317 e. The molecule has 2 aromatic carbocycles. The predicted octanol–water partition coefficient (Wildman–Crippen LogP) is 2.65. The topological polar surface area (TPSA) is 72.1 Å². The molecule has 0 aliphatic carbocycles. The van der Waals surface area contributed by atoms with Crippen LogP contribution in [0.5, 0.6) is 0 Å². The van der Waals surface area contributed by atoms with Gasteiger partial charge >= 0.3 is 5.91 Å². The smallest absolute Gasteiger partial charge is 0.257 e. The molecule has 0 saturated carbocycles. The highest BCUT2D eigenvalue weighted by molar-refractivity contribution is 9.10. The maximum atomic E-state index is 12.1. The molecule has 0 spiro atoms. The summed E-state index contributed by atoms with van der Waals surface area (Å²) in [7, 11) is 0. The molecular formula is C17H11BrN4O. The number of carbonyl (C=O) groups excluding carboxylic acids is 1. The Morgan fingerprint density at radius 3 is 2.91 bits per heavy atom. The molecule has 3 rings (SSSR count). The molecule has 3 aromatic rings. The Bertz CT molecular complexity index is 946. The van der Waals surface area contributed by atoms with Crippen molar-refractivity contribution in [2.45, 2.75) is 0 Å². The summed E-state index contributed by atoms with van der Waals surface area (Å²) in [4.78, 5) is 20.2. The van der Waals surface area contributed by atoms with Gasteiger partial charge in [-0.15, -0.1) is 0 Å². The van der Waals surface area contributed by atoms with Crippen molar-refractivity contribution in [1.82, 2.24) is 9.97 Å². The van der Waals surface area contributed by atoms with Gasteiger partial charge in [-0.1, -0.05) is 27.9 Å². The second kappa shape index (κ2) is 6.57. The van der Waals surface area contributed by atoms with Gasteiger partial charge in [-0.25, -0.2) is 20.8 Å². The minimum atomic E-state index is -0.493. The Kier molecular flexibility index (Phi) is 4.33. The largest absolute Gasteiger partial charge is 0.317 e. The summed E-state index contributed by atoms with van der Waals surface area (Å²) in [5.41, 5.74) is 2.08. The van der Waals surface area contributed by atoms with Gasteiger partial charge in [0.2, 0.25) is 0 Å². The first-order chi connectivity index (χ1) is 11.1. The normalized spacial score (nSPS) is 10.0. The van der Waals surface area contributed by atoms with Crippen LogP contribution in [0.1, 0.15) is 5.56 Å². The van der Waals surface area contributed by atoms with Gasteiger partial charge in [0.1, 0.15) is 6.33 Å². The molecule has 2 N–H and O–H groups in total. The molecule has 0 atom stereocenters. The molecule has 0 aliphatic rings. The molecule has 6 heteroatoms. The number of hydrogen-bond donors (Lipinski definition) is 1. The number of hydrazine groups is 1. The molecule has 1 aromatic heterocycles. The number of rotatable bonds is 1. The van der Waals surface area contributed by atoms with Crippen molar-refractivity contribution in [1.29, 1.82) is 0 Å². The fraction of sp³-hybridized carbons (Fsp3) is 0. The third-order valence-corrected chi connectivity index (χ3v) is 3.62. The first kappa shape index (κ1) is 15.2. The summed E-state index contributed by atoms with van der Waals surface area (Å²) in [6, 6.07) is 12.6. The summed E-state index contributed by atoms with van der Waals surface area (Å²) in [6.45, 7) is 0. The molecule has 0 aliphatic heterocycles. The molecule has 1 heterocycles. The lowest BCUT2D eigenvalue weighted by Gasteiger charge is -2.13. The van der Waals surface area contributed by atoms with Crippen LogP contribution in [0.25, 0.3) is 10.9 Å². The number of halogens is 1. The van der Waals surface area contributed by atoms with Crippen LogP contribution in [0.15, 0.2) is 59.5 Å². The minimum Gasteiger partial charge on any atom is -0.257 e. The van der Waals surface area contributed by atoms with Gasteiger partial charge in [0.25, 0.3) is 0 Å². The summed E-state index contributed by atoms with van der Waals surface area (Å²) in [6.07, 6.45) is 3.19. The van der Waals surface area contributed by atoms with E-state index in [2.05, 4.69) is 37.7 Å². The minimum absolute atomic E-state index is 0.493. The van der Waals surface area contributed by atoms with E-state index in [4.69, 9.17) is 5.84 Å². The molecule has 0 saturated heterocycles. The lowest BCUT2D eigenvalue weighted by molar-refractivity contribution is -0.113. The summed E-state index contributed by atoms with van der Waals surface area (Å²) >= 11 is 3.34. The molecule has 0 bridgehead atoms. The first-order valence-electron chi connectivity index (χ1n) is 6.69. The quantitative estimate of drug-likeness (QED) is 0.311. The SMILES string of the molecule is NN(C(=O)C#Cc1ccc2ncncc2c1)c1cccc(Br)c1. The van der Waals surface area contributed by atoms with Gasteiger partial charge < -0.3 is 0 Å². The summed E-state index contributed by atoms with van der Waals surface area (Å²) in [5.74, 6) is 10.7. The fourth-order valence-electron chi connectivity index (χ4n) is 1.99. The third-order valence-electron chi connectivity index (χ3n) is 3.12. The number of nitrogens with zero attached hydrogens (tertiary/aromatic N) is 3. The Balaban J connectivity index is 1.83. The monoisotopic (exact) mass is 366 g/mol. The van der Waals surface area contributed by atoms with Crippen molar-refractivity contribution in [3.8, 4) is 11.8 Å². The van der Waals surface area contributed by atoms with Crippen LogP contribution in [0.3, 0.4) is 0 Å². The zero-order valence-electron chi connectivity index (χ0n) is 11.9. The molecule has 0 fully saturated rings. The van der Waals surface area contributed by atoms with Crippen molar-refractivity contribution in [2.75, 3.05) is 5.01 Å². The molecule has 112 valence electrons. The molecule has 1 amide bonds. The maximum absolute atomic E-state index is 12.1. The Morgan fingerprint density at radius 2 is 2.09 bits per heavy atom. The molecule has 0 unspecified atom stereocenters. The zero-order valence-corrected chi connectivity index (χ0v) is 13.5. The summed E-state index contributed by atoms with van der Waals surface area (Å²) < 4.78 is 0.834. The van der Waals surface area contributed by atoms with E-state index in [0.717, 1.165) is 20.4 Å². The second-order valence-electron chi connectivity index (χ2n) is 4.70. The molecule has 0 radical (unpaired) electrons. The average Bonchev–Trinajstić information content (AvgIpc) is 2.58. The van der Waals surface area contributed by atoms with Crippen molar-refractivity contribution >= 4 is 38.4 Å². The van der Waals surface area contributed by atoms with E-state index >= 15 is 0 Å². The van der Waals surface area contributed by atoms with Crippen LogP contribution in [-0.4, -0.2) is 15.9 Å². The third kappa shape index (κ3) is 3.54. The van der Waals surface area contributed by atoms with Gasteiger partial charge in [0.15, 0.2) is 0 Å². The number of fused-ring (bicyclic) bond motifs is 1. The Hall–Kier alpha value is -2.75. The fourth-order valence-corrected chi connectivity index (χ4v) is 2.38. The Labute approximate surface area is 141 Å². The van der Waals surface area contributed by atoms with Gasteiger partial charge in [-0.05, 0) is 36.4 Å². The standard InChI is InChI=1S/C17H11BrN4O/c18-14-2-1-3-15(9-14)22(19)17(23)7-5-12-4-6-16-13(8-12)10-20-11-21-16/h1-4,6,8-11H,19H2. The van der Waals surface area contributed by atoms with Gasteiger partial charge in [-0.2, -0.15) is 0 Å². The molecule has 5 nitrogen and oxygen atoms in total. The van der Waals surface area contributed by atoms with E-state index < -0.39 is 5.91 Å². The van der Waals surface area contributed by atoms with E-state index in [1.165, 1.54) is 6.33 Å². The van der Waals surface area contributed by atoms with Crippen molar-refractivity contribution < 1.29 is 4.79 Å². The second-order valence-corrected chi connectivity index (χ2v) is 5.62. The molecular weight excluding hydrogens is 356 g/mol. The van der Waals surface area contributed by atoms with Crippen LogP contribution < -0.4 is 10.9 Å². The Morgan fingerprint density at radius 1 is 1.22 bits per heavy atom. The number of benzene rings is 2. The highest BCUT2D eigenvalue weighted by Gasteiger charge is 2.09. The van der Waals surface area contributed by atoms with E-state index in [1.807, 2.05) is 18.2 Å². The highest BCUT2D eigenvalue weighted by Crippen LogP contribution is 2.18. The van der Waals surface area contributed by atoms with Crippen molar-refractivity contribution in [3.63, 3.8) is 0 Å². The van der Waals surface area contributed by atoms with E-state index in [0.29, 0.717) is 11.3 Å². The van der Waals surface area contributed by atoms with Crippen molar-refractivity contribution in [2.24, 2.45) is 5.84 Å². The van der Waals surface area contributed by atoms with Crippen LogP contribution in [-0.2, 0) is 4.79 Å². The van der Waals surface area contributed by atoms with E-state index in [9.17, 15) is 4.79 Å². The number of carbonyl (C=O) groups is 1. The molecule has 23 heavy (non-hydrogen) atoms. The van der Waals surface area contributed by atoms with Crippen LogP contribution in [0, 0.1) is 11.8 Å². The van der Waals surface area contributed by atoms with Crippen LogP contribution in [0.4, 0.5) is 5.69 Å². The number of amides is 1. The van der Waals surface area contributed by atoms with Gasteiger partial charge in [-0.3, -0.25) is 4.79 Å². The van der Waals surface area contributed by atoms with E-state index in [-0.39, 0.29) is 0 Å². The number of aromatic nitrogens is 2. The predicted molar refractivity (Wildman–Crippen MR) is 92.2 cm³/mol. The van der Waals surface area contributed by atoms with Gasteiger partial charge in [0.05, 0.1) is 11.2 Å². The van der Waals surface area contributed by atoms with E-state index in [1.54, 1.807) is 30.5 Å².